The Hall–Kier alpha value is -1.13. The van der Waals surface area contributed by atoms with Crippen molar-refractivity contribution in [3.05, 3.63) is 23.9 Å². The first-order valence-corrected chi connectivity index (χ1v) is 4.37. The van der Waals surface area contributed by atoms with Crippen molar-refractivity contribution in [2.24, 2.45) is 0 Å². The maximum atomic E-state index is 10.1. The Bertz CT molecular complexity index is 307. The molecule has 0 aromatic carbocycles. The number of aromatic nitrogens is 1. The van der Waals surface area contributed by atoms with E-state index in [0.717, 1.165) is 6.54 Å². The van der Waals surface area contributed by atoms with Crippen molar-refractivity contribution in [3.8, 4) is 0 Å². The van der Waals surface area contributed by atoms with Gasteiger partial charge in [-0.2, -0.15) is 0 Å². The molecule has 2 heterocycles. The topological polar surface area (TPSA) is 71.2 Å². The Morgan fingerprint density at radius 2 is 2.38 bits per heavy atom. The third kappa shape index (κ3) is 1.50. The van der Waals surface area contributed by atoms with Crippen LogP contribution in [0.3, 0.4) is 0 Å². The Kier molecular flexibility index (Phi) is 1.94. The van der Waals surface area contributed by atoms with Crippen LogP contribution in [0.25, 0.3) is 0 Å². The zero-order chi connectivity index (χ0) is 9.31. The third-order valence-corrected chi connectivity index (χ3v) is 2.38. The summed E-state index contributed by atoms with van der Waals surface area (Å²) in [7, 11) is 0. The first-order chi connectivity index (χ1) is 6.21. The quantitative estimate of drug-likeness (QED) is 0.560. The van der Waals surface area contributed by atoms with Gasteiger partial charge in [0.05, 0.1) is 5.69 Å². The Labute approximate surface area is 76.8 Å². The number of pyridine rings is 1. The summed E-state index contributed by atoms with van der Waals surface area (Å²) in [6.07, 6.45) is 0.698. The van der Waals surface area contributed by atoms with Crippen molar-refractivity contribution in [1.29, 1.82) is 0 Å². The molecule has 70 valence electrons. The molecule has 0 bridgehead atoms. The monoisotopic (exact) mass is 179 g/mol. The van der Waals surface area contributed by atoms with Crippen molar-refractivity contribution in [2.45, 2.75) is 12.0 Å². The van der Waals surface area contributed by atoms with Crippen LogP contribution in [-0.4, -0.2) is 23.2 Å². The molecule has 4 N–H and O–H groups in total. The first-order valence-electron chi connectivity index (χ1n) is 4.37. The summed E-state index contributed by atoms with van der Waals surface area (Å²) in [5.41, 5.74) is 5.38. The molecule has 1 atom stereocenters. The number of nitrogens with two attached hydrogens (primary N) is 1. The van der Waals surface area contributed by atoms with E-state index in [0.29, 0.717) is 24.5 Å². The first kappa shape index (κ1) is 8.47. The predicted octanol–water partition coefficient (Wildman–Crippen LogP) is -0.155. The minimum Gasteiger partial charge on any atom is -0.384 e. The van der Waals surface area contributed by atoms with Gasteiger partial charge in [0.15, 0.2) is 0 Å². The smallest absolute Gasteiger partial charge is 0.123 e. The number of nitrogens with one attached hydrogen (secondary N) is 1. The third-order valence-electron chi connectivity index (χ3n) is 2.38. The minimum atomic E-state index is -0.824. The van der Waals surface area contributed by atoms with Crippen LogP contribution in [0.4, 0.5) is 5.82 Å². The van der Waals surface area contributed by atoms with E-state index >= 15 is 0 Å². The average Bonchev–Trinajstić information content (AvgIpc) is 2.54. The number of hydrogen-bond donors (Lipinski definition) is 3. The van der Waals surface area contributed by atoms with E-state index < -0.39 is 5.60 Å². The summed E-state index contributed by atoms with van der Waals surface area (Å²) in [6, 6.07) is 5.34. The molecule has 2 rings (SSSR count). The lowest BCUT2D eigenvalue weighted by Gasteiger charge is -2.20. The van der Waals surface area contributed by atoms with Gasteiger partial charge in [0, 0.05) is 6.54 Å². The highest BCUT2D eigenvalue weighted by atomic mass is 16.3. The van der Waals surface area contributed by atoms with Gasteiger partial charge in [-0.25, -0.2) is 4.98 Å². The summed E-state index contributed by atoms with van der Waals surface area (Å²) in [5, 5.41) is 13.2. The zero-order valence-electron chi connectivity index (χ0n) is 7.33. The van der Waals surface area contributed by atoms with E-state index in [2.05, 4.69) is 10.3 Å². The van der Waals surface area contributed by atoms with E-state index in [1.54, 1.807) is 6.07 Å². The fourth-order valence-electron chi connectivity index (χ4n) is 1.61. The van der Waals surface area contributed by atoms with Crippen molar-refractivity contribution < 1.29 is 5.11 Å². The lowest BCUT2D eigenvalue weighted by molar-refractivity contribution is 0.0543. The number of nitrogen functional groups attached to an aromatic ring is 1. The Morgan fingerprint density at radius 3 is 3.00 bits per heavy atom. The summed E-state index contributed by atoms with van der Waals surface area (Å²) < 4.78 is 0. The van der Waals surface area contributed by atoms with Crippen molar-refractivity contribution in [1.82, 2.24) is 10.3 Å². The van der Waals surface area contributed by atoms with Crippen molar-refractivity contribution in [2.75, 3.05) is 18.8 Å². The second-order valence-electron chi connectivity index (χ2n) is 3.41. The van der Waals surface area contributed by atoms with Crippen LogP contribution in [0.15, 0.2) is 18.2 Å². The molecule has 0 aliphatic carbocycles. The Balaban J connectivity index is 2.33. The summed E-state index contributed by atoms with van der Waals surface area (Å²) >= 11 is 0. The number of aliphatic hydroxyl groups is 1. The van der Waals surface area contributed by atoms with Crippen LogP contribution in [0.1, 0.15) is 12.1 Å². The van der Waals surface area contributed by atoms with Gasteiger partial charge in [0.1, 0.15) is 11.4 Å². The molecule has 0 radical (unpaired) electrons. The van der Waals surface area contributed by atoms with Gasteiger partial charge in [0.25, 0.3) is 0 Å². The predicted molar refractivity (Wildman–Crippen MR) is 50.0 cm³/mol. The minimum absolute atomic E-state index is 0.456. The fourth-order valence-corrected chi connectivity index (χ4v) is 1.61. The molecule has 4 heteroatoms. The van der Waals surface area contributed by atoms with Gasteiger partial charge < -0.3 is 16.2 Å². The van der Waals surface area contributed by atoms with E-state index in [4.69, 9.17) is 5.73 Å². The highest BCUT2D eigenvalue weighted by Crippen LogP contribution is 2.26. The molecule has 1 aliphatic heterocycles. The number of hydrogen-bond acceptors (Lipinski definition) is 4. The summed E-state index contributed by atoms with van der Waals surface area (Å²) in [5.74, 6) is 0.456. The van der Waals surface area contributed by atoms with Crippen LogP contribution in [0.2, 0.25) is 0 Å². The molecule has 0 spiro atoms. The molecule has 0 amide bonds. The van der Waals surface area contributed by atoms with E-state index in [1.165, 1.54) is 0 Å². The molecular weight excluding hydrogens is 166 g/mol. The SMILES string of the molecule is Nc1cccc(C2(O)CCNC2)n1. The molecule has 1 aromatic rings. The van der Waals surface area contributed by atoms with Crippen LogP contribution in [0, 0.1) is 0 Å². The number of rotatable bonds is 1. The molecule has 1 unspecified atom stereocenters. The van der Waals surface area contributed by atoms with Crippen LogP contribution in [0.5, 0.6) is 0 Å². The van der Waals surface area contributed by atoms with Gasteiger partial charge in [0.2, 0.25) is 0 Å². The van der Waals surface area contributed by atoms with Crippen LogP contribution in [-0.2, 0) is 5.60 Å². The number of nitrogens with zero attached hydrogens (tertiary/aromatic N) is 1. The molecule has 0 saturated carbocycles. The highest BCUT2D eigenvalue weighted by Gasteiger charge is 2.34. The van der Waals surface area contributed by atoms with Crippen LogP contribution >= 0.6 is 0 Å². The van der Waals surface area contributed by atoms with Crippen LogP contribution < -0.4 is 11.1 Å². The Morgan fingerprint density at radius 1 is 1.54 bits per heavy atom. The lowest BCUT2D eigenvalue weighted by Crippen LogP contribution is -2.29. The standard InChI is InChI=1S/C9H13N3O/c10-8-3-1-2-7(12-8)9(13)4-5-11-6-9/h1-3,11,13H,4-6H2,(H2,10,12). The van der Waals surface area contributed by atoms with E-state index in [1.807, 2.05) is 12.1 Å². The van der Waals surface area contributed by atoms with Crippen molar-refractivity contribution in [3.63, 3.8) is 0 Å². The summed E-state index contributed by atoms with van der Waals surface area (Å²) in [4.78, 5) is 4.11. The average molecular weight is 179 g/mol. The summed E-state index contributed by atoms with van der Waals surface area (Å²) in [6.45, 7) is 1.39. The largest absolute Gasteiger partial charge is 0.384 e. The molecular formula is C9H13N3O. The van der Waals surface area contributed by atoms with Gasteiger partial charge in [-0.15, -0.1) is 0 Å². The number of β-amino-alcohol motifs (C(OH)–C–C–N with tert-alkyl or cyclic N) is 1. The second kappa shape index (κ2) is 2.97. The number of anilines is 1. The molecule has 1 fully saturated rings. The zero-order valence-corrected chi connectivity index (χ0v) is 7.33. The molecule has 4 nitrogen and oxygen atoms in total. The van der Waals surface area contributed by atoms with E-state index in [9.17, 15) is 5.11 Å². The lowest BCUT2D eigenvalue weighted by atomic mass is 9.98. The van der Waals surface area contributed by atoms with E-state index in [-0.39, 0.29) is 0 Å². The molecule has 13 heavy (non-hydrogen) atoms. The highest BCUT2D eigenvalue weighted by molar-refractivity contribution is 5.31. The normalized spacial score (nSPS) is 27.8. The fraction of sp³-hybridized carbons (Fsp3) is 0.444. The molecule has 1 aromatic heterocycles. The molecule has 1 aliphatic rings. The van der Waals surface area contributed by atoms with Crippen molar-refractivity contribution >= 4 is 5.82 Å². The maximum absolute atomic E-state index is 10.1. The van der Waals surface area contributed by atoms with Gasteiger partial charge >= 0.3 is 0 Å². The van der Waals surface area contributed by atoms with Gasteiger partial charge in [-0.1, -0.05) is 6.07 Å². The maximum Gasteiger partial charge on any atom is 0.123 e. The second-order valence-corrected chi connectivity index (χ2v) is 3.41. The van der Waals surface area contributed by atoms with Gasteiger partial charge in [-0.3, -0.25) is 0 Å². The van der Waals surface area contributed by atoms with Gasteiger partial charge in [-0.05, 0) is 25.1 Å². The molecule has 1 saturated heterocycles.